The average molecular weight is 330 g/mol. The number of nitrogens with zero attached hydrogens (tertiary/aromatic N) is 1. The molecule has 0 bridgehead atoms. The molecule has 0 saturated carbocycles. The molecule has 2 N–H and O–H groups in total. The summed E-state index contributed by atoms with van der Waals surface area (Å²) in [5, 5.41) is 13.5. The number of ether oxygens (including phenoxy) is 1. The normalized spacial score (nSPS) is 16.9. The Morgan fingerprint density at radius 2 is 1.83 bits per heavy atom. The first kappa shape index (κ1) is 16.7. The Morgan fingerprint density at radius 1 is 1.12 bits per heavy atom. The number of benzene rings is 2. The highest BCUT2D eigenvalue weighted by molar-refractivity contribution is 5.53. The largest absolute Gasteiger partial charge is 0.454 e. The van der Waals surface area contributed by atoms with Gasteiger partial charge in [-0.25, -0.2) is 4.39 Å². The van der Waals surface area contributed by atoms with Gasteiger partial charge in [-0.15, -0.1) is 0 Å². The highest BCUT2D eigenvalue weighted by Gasteiger charge is 2.32. The first-order valence-corrected chi connectivity index (χ1v) is 8.25. The number of aliphatic hydroxyl groups is 1. The zero-order valence-electron chi connectivity index (χ0n) is 13.8. The Labute approximate surface area is 141 Å². The molecular formula is C19H23FN2O2. The maximum absolute atomic E-state index is 14.8. The minimum Gasteiger partial charge on any atom is -0.454 e. The minimum atomic E-state index is -0.708. The van der Waals surface area contributed by atoms with E-state index in [0.717, 1.165) is 0 Å². The van der Waals surface area contributed by atoms with Crippen LogP contribution >= 0.6 is 0 Å². The van der Waals surface area contributed by atoms with E-state index in [1.165, 1.54) is 0 Å². The van der Waals surface area contributed by atoms with Crippen LogP contribution in [0, 0.1) is 5.82 Å². The van der Waals surface area contributed by atoms with Crippen LogP contribution in [0.4, 0.5) is 10.1 Å². The molecule has 0 aromatic heterocycles. The zero-order valence-corrected chi connectivity index (χ0v) is 13.8. The quantitative estimate of drug-likeness (QED) is 0.884. The molecule has 0 radical (unpaired) electrons. The van der Waals surface area contributed by atoms with Gasteiger partial charge in [-0.1, -0.05) is 24.3 Å². The summed E-state index contributed by atoms with van der Waals surface area (Å²) in [6.45, 7) is 1.79. The van der Waals surface area contributed by atoms with Crippen molar-refractivity contribution in [1.29, 1.82) is 0 Å². The summed E-state index contributed by atoms with van der Waals surface area (Å²) in [6, 6.07) is 14.4. The van der Waals surface area contributed by atoms with Gasteiger partial charge < -0.3 is 20.1 Å². The molecule has 1 aliphatic heterocycles. The lowest BCUT2D eigenvalue weighted by molar-refractivity contribution is 0.0184. The second kappa shape index (κ2) is 7.20. The maximum atomic E-state index is 14.8. The standard InChI is InChI=1S/C19H23FN2O2/c1-21-14-19(23)10-12-22(13-11-19)16-8-5-9-17(18(16)20)24-15-6-3-2-4-7-15/h2-9,21,23H,10-14H2,1H3. The number of rotatable bonds is 5. The molecule has 0 amide bonds. The van der Waals surface area contributed by atoms with Crippen LogP contribution in [0.25, 0.3) is 0 Å². The monoisotopic (exact) mass is 330 g/mol. The van der Waals surface area contributed by atoms with E-state index in [2.05, 4.69) is 5.32 Å². The van der Waals surface area contributed by atoms with E-state index in [0.29, 0.717) is 43.9 Å². The fraction of sp³-hybridized carbons (Fsp3) is 0.368. The van der Waals surface area contributed by atoms with Crippen molar-refractivity contribution < 1.29 is 14.2 Å². The first-order valence-electron chi connectivity index (χ1n) is 8.25. The number of hydrogen-bond acceptors (Lipinski definition) is 4. The van der Waals surface area contributed by atoms with Crippen molar-refractivity contribution in [3.8, 4) is 11.5 Å². The third-order valence-electron chi connectivity index (χ3n) is 4.45. The van der Waals surface area contributed by atoms with Crippen molar-refractivity contribution in [1.82, 2.24) is 5.32 Å². The zero-order chi connectivity index (χ0) is 17.0. The van der Waals surface area contributed by atoms with Crippen LogP contribution in [0.15, 0.2) is 48.5 Å². The Hall–Kier alpha value is -2.11. The highest BCUT2D eigenvalue weighted by atomic mass is 19.1. The SMILES string of the molecule is CNCC1(O)CCN(c2cccc(Oc3ccccc3)c2F)CC1. The van der Waals surface area contributed by atoms with Crippen molar-refractivity contribution in [2.24, 2.45) is 0 Å². The minimum absolute atomic E-state index is 0.217. The Balaban J connectivity index is 1.74. The number of nitrogens with one attached hydrogen (secondary N) is 1. The lowest BCUT2D eigenvalue weighted by Crippen LogP contribution is -2.49. The Kier molecular flexibility index (Phi) is 5.02. The molecule has 1 saturated heterocycles. The van der Waals surface area contributed by atoms with Crippen LogP contribution in [-0.2, 0) is 0 Å². The van der Waals surface area contributed by atoms with Gasteiger partial charge in [0.2, 0.25) is 0 Å². The molecule has 1 aliphatic rings. The first-order chi connectivity index (χ1) is 11.6. The lowest BCUT2D eigenvalue weighted by Gasteiger charge is -2.39. The summed E-state index contributed by atoms with van der Waals surface area (Å²) in [7, 11) is 1.83. The average Bonchev–Trinajstić information content (AvgIpc) is 2.59. The van der Waals surface area contributed by atoms with Crippen LogP contribution in [0.5, 0.6) is 11.5 Å². The molecule has 1 heterocycles. The van der Waals surface area contributed by atoms with Gasteiger partial charge >= 0.3 is 0 Å². The number of halogens is 1. The van der Waals surface area contributed by atoms with Crippen molar-refractivity contribution in [3.05, 3.63) is 54.3 Å². The van der Waals surface area contributed by atoms with Crippen LogP contribution < -0.4 is 15.0 Å². The molecule has 0 unspecified atom stereocenters. The summed E-state index contributed by atoms with van der Waals surface area (Å²) in [6.07, 6.45) is 1.22. The number of piperidine rings is 1. The van der Waals surface area contributed by atoms with Crippen molar-refractivity contribution in [2.75, 3.05) is 31.6 Å². The molecule has 0 aliphatic carbocycles. The van der Waals surface area contributed by atoms with E-state index in [1.54, 1.807) is 30.3 Å². The summed E-state index contributed by atoms with van der Waals surface area (Å²) < 4.78 is 20.5. The summed E-state index contributed by atoms with van der Waals surface area (Å²) in [4.78, 5) is 1.97. The summed E-state index contributed by atoms with van der Waals surface area (Å²) >= 11 is 0. The molecule has 128 valence electrons. The number of likely N-dealkylation sites (N-methyl/N-ethyl adjacent to an activating group) is 1. The summed E-state index contributed by atoms with van der Waals surface area (Å²) in [5.74, 6) is 0.464. The number of para-hydroxylation sites is 1. The van der Waals surface area contributed by atoms with Gasteiger partial charge in [0.1, 0.15) is 5.75 Å². The molecule has 3 rings (SSSR count). The molecule has 5 heteroatoms. The smallest absolute Gasteiger partial charge is 0.188 e. The van der Waals surface area contributed by atoms with Crippen molar-refractivity contribution >= 4 is 5.69 Å². The van der Waals surface area contributed by atoms with E-state index < -0.39 is 5.60 Å². The molecule has 2 aromatic rings. The van der Waals surface area contributed by atoms with Crippen LogP contribution in [0.3, 0.4) is 0 Å². The van der Waals surface area contributed by atoms with Crippen LogP contribution in [-0.4, -0.2) is 37.4 Å². The fourth-order valence-corrected chi connectivity index (χ4v) is 3.11. The van der Waals surface area contributed by atoms with Crippen LogP contribution in [0.2, 0.25) is 0 Å². The molecule has 4 nitrogen and oxygen atoms in total. The third-order valence-corrected chi connectivity index (χ3v) is 4.45. The molecular weight excluding hydrogens is 307 g/mol. The highest BCUT2D eigenvalue weighted by Crippen LogP contribution is 2.33. The molecule has 0 spiro atoms. The molecule has 1 fully saturated rings. The van der Waals surface area contributed by atoms with E-state index in [-0.39, 0.29) is 11.6 Å². The van der Waals surface area contributed by atoms with Gasteiger partial charge in [0.15, 0.2) is 11.6 Å². The number of hydrogen-bond donors (Lipinski definition) is 2. The Bertz CT molecular complexity index is 670. The number of anilines is 1. The summed E-state index contributed by atoms with van der Waals surface area (Å²) in [5.41, 5.74) is -0.185. The third kappa shape index (κ3) is 3.68. The van der Waals surface area contributed by atoms with Gasteiger partial charge in [0.05, 0.1) is 11.3 Å². The molecule has 2 aromatic carbocycles. The van der Waals surface area contributed by atoms with Crippen molar-refractivity contribution in [3.63, 3.8) is 0 Å². The molecule has 0 atom stereocenters. The van der Waals surface area contributed by atoms with Gasteiger partial charge in [-0.3, -0.25) is 0 Å². The predicted octanol–water partition coefficient (Wildman–Crippen LogP) is 3.17. The second-order valence-electron chi connectivity index (χ2n) is 6.25. The van der Waals surface area contributed by atoms with Gasteiger partial charge in [-0.05, 0) is 44.2 Å². The predicted molar refractivity (Wildman–Crippen MR) is 93.2 cm³/mol. The van der Waals surface area contributed by atoms with Gasteiger partial charge in [0.25, 0.3) is 0 Å². The maximum Gasteiger partial charge on any atom is 0.188 e. The second-order valence-corrected chi connectivity index (χ2v) is 6.25. The topological polar surface area (TPSA) is 44.7 Å². The lowest BCUT2D eigenvalue weighted by atomic mass is 9.91. The fourth-order valence-electron chi connectivity index (χ4n) is 3.11. The Morgan fingerprint density at radius 3 is 2.50 bits per heavy atom. The van der Waals surface area contributed by atoms with Gasteiger partial charge in [-0.2, -0.15) is 0 Å². The van der Waals surface area contributed by atoms with E-state index in [9.17, 15) is 9.50 Å². The van der Waals surface area contributed by atoms with E-state index in [1.807, 2.05) is 30.1 Å². The van der Waals surface area contributed by atoms with E-state index in [4.69, 9.17) is 4.74 Å². The van der Waals surface area contributed by atoms with E-state index >= 15 is 0 Å². The van der Waals surface area contributed by atoms with Crippen molar-refractivity contribution in [2.45, 2.75) is 18.4 Å². The van der Waals surface area contributed by atoms with Crippen LogP contribution in [0.1, 0.15) is 12.8 Å². The van der Waals surface area contributed by atoms with Gasteiger partial charge in [0, 0.05) is 19.6 Å². The molecule has 24 heavy (non-hydrogen) atoms.